The summed E-state index contributed by atoms with van der Waals surface area (Å²) in [6, 6.07) is 73.8. The Hall–Kier alpha value is -12.4. The Bertz CT molecular complexity index is 4920. The first-order valence-electron chi connectivity index (χ1n) is 37.0. The van der Waals surface area contributed by atoms with Crippen molar-refractivity contribution in [1.29, 1.82) is 0 Å². The summed E-state index contributed by atoms with van der Waals surface area (Å²) in [6.07, 6.45) is 11.7. The average Bonchev–Trinajstić information content (AvgIpc) is 1.61. The number of fused-ring (bicyclic) bond motifs is 3. The van der Waals surface area contributed by atoms with Crippen molar-refractivity contribution in [3.63, 3.8) is 0 Å². The number of hydrogen-bond acceptors (Lipinski definition) is 15. The summed E-state index contributed by atoms with van der Waals surface area (Å²) >= 11 is 5.35. The molecule has 558 valence electrons. The predicted molar refractivity (Wildman–Crippen MR) is 438 cm³/mol. The van der Waals surface area contributed by atoms with Gasteiger partial charge in [-0.3, -0.25) is 29.0 Å². The average molecular weight is 1480 g/mol. The predicted octanol–water partition coefficient (Wildman–Crippen LogP) is 19.0. The highest BCUT2D eigenvalue weighted by Gasteiger charge is 2.37. The number of benzene rings is 9. The van der Waals surface area contributed by atoms with Crippen LogP contribution < -0.4 is 24.0 Å². The molecule has 0 aliphatic carbocycles. The van der Waals surface area contributed by atoms with Crippen molar-refractivity contribution < 1.29 is 52.4 Å². The van der Waals surface area contributed by atoms with Gasteiger partial charge in [0.05, 0.1) is 24.8 Å². The molecule has 109 heavy (non-hydrogen) atoms. The van der Waals surface area contributed by atoms with E-state index >= 15 is 0 Å². The van der Waals surface area contributed by atoms with Crippen LogP contribution in [0.3, 0.4) is 0 Å². The van der Waals surface area contributed by atoms with Crippen LogP contribution in [0.2, 0.25) is 0 Å². The van der Waals surface area contributed by atoms with Crippen molar-refractivity contribution in [2.45, 2.75) is 92.5 Å². The number of cyclic esters (lactones) is 1. The molecule has 0 radical (unpaired) electrons. The number of aliphatic imine (C=N–C) groups is 1. The molecular formula is C90H91N7O11S. The Morgan fingerprint density at radius 3 is 1.58 bits per heavy atom. The van der Waals surface area contributed by atoms with E-state index in [0.29, 0.717) is 56.5 Å². The summed E-state index contributed by atoms with van der Waals surface area (Å²) in [5, 5.41) is 2.40. The summed E-state index contributed by atoms with van der Waals surface area (Å²) in [5.74, 6) is 1.61. The van der Waals surface area contributed by atoms with Crippen LogP contribution in [-0.2, 0) is 52.7 Å². The van der Waals surface area contributed by atoms with Gasteiger partial charge in [0.1, 0.15) is 17.2 Å². The Labute approximate surface area is 643 Å². The number of esters is 1. The number of unbranched alkanes of at least 4 members (excludes halogenated alkanes) is 2. The number of thiocarbonyl (C=S) groups is 1. The molecule has 0 unspecified atom stereocenters. The lowest BCUT2D eigenvalue weighted by Crippen LogP contribution is -2.31. The summed E-state index contributed by atoms with van der Waals surface area (Å²) in [7, 11) is 1.68. The van der Waals surface area contributed by atoms with Crippen LogP contribution >= 0.6 is 12.2 Å². The number of imide groups is 1. The first-order chi connectivity index (χ1) is 53.0. The van der Waals surface area contributed by atoms with Gasteiger partial charge in [0.15, 0.2) is 17.3 Å². The number of carbonyl (C=O) groups excluding carboxylic acids is 5. The highest BCUT2D eigenvalue weighted by atomic mass is 32.1. The van der Waals surface area contributed by atoms with Gasteiger partial charge >= 0.3 is 18.1 Å². The maximum absolute atomic E-state index is 13.1. The van der Waals surface area contributed by atoms with Gasteiger partial charge in [-0.25, -0.2) is 14.7 Å². The van der Waals surface area contributed by atoms with Crippen LogP contribution in [0.5, 0.6) is 17.2 Å². The zero-order chi connectivity index (χ0) is 76.8. The van der Waals surface area contributed by atoms with Crippen molar-refractivity contribution in [2.75, 3.05) is 56.2 Å². The molecule has 3 aliphatic rings. The van der Waals surface area contributed by atoms with E-state index in [0.717, 1.165) is 122 Å². The van der Waals surface area contributed by atoms with E-state index in [2.05, 4.69) is 82.3 Å². The van der Waals surface area contributed by atoms with Gasteiger partial charge in [-0.05, 0) is 234 Å². The quantitative estimate of drug-likeness (QED) is 0.0149. The van der Waals surface area contributed by atoms with Crippen molar-refractivity contribution in [2.24, 2.45) is 4.99 Å². The van der Waals surface area contributed by atoms with Crippen LogP contribution in [0.1, 0.15) is 101 Å². The first-order valence-corrected chi connectivity index (χ1v) is 37.4. The Morgan fingerprint density at radius 1 is 0.505 bits per heavy atom. The van der Waals surface area contributed by atoms with E-state index < -0.39 is 12.0 Å². The Balaban J connectivity index is 0.000000163. The molecular weight excluding hydrogens is 1390 g/mol. The number of aryl methyl sites for hydroxylation is 1. The molecule has 4 amide bonds. The summed E-state index contributed by atoms with van der Waals surface area (Å²) < 4.78 is 34.9. The molecule has 0 bridgehead atoms. The van der Waals surface area contributed by atoms with Crippen LogP contribution in [0.15, 0.2) is 253 Å². The molecule has 0 atom stereocenters. The number of aromatic nitrogens is 1. The number of methoxy groups -OCH3 is 1. The maximum atomic E-state index is 13.1. The van der Waals surface area contributed by atoms with Gasteiger partial charge < -0.3 is 42.8 Å². The first kappa shape index (κ1) is 77.7. The van der Waals surface area contributed by atoms with Crippen LogP contribution in [0.25, 0.3) is 46.2 Å². The number of ether oxygens (including phenoxy) is 6. The van der Waals surface area contributed by atoms with Crippen LogP contribution in [-0.4, -0.2) is 113 Å². The van der Waals surface area contributed by atoms with Crippen molar-refractivity contribution >= 4 is 122 Å². The molecule has 1 aromatic heterocycles. The number of amidine groups is 1. The van der Waals surface area contributed by atoms with Gasteiger partial charge in [-0.2, -0.15) is 0 Å². The number of para-hydroxylation sites is 3. The van der Waals surface area contributed by atoms with E-state index in [4.69, 9.17) is 40.6 Å². The van der Waals surface area contributed by atoms with Gasteiger partial charge in [0.2, 0.25) is 0 Å². The third-order valence-electron chi connectivity index (χ3n) is 18.4. The maximum Gasteiger partial charge on any atom is 0.422 e. The largest absolute Gasteiger partial charge is 0.497 e. The molecule has 3 saturated heterocycles. The number of rotatable bonds is 28. The van der Waals surface area contributed by atoms with Gasteiger partial charge in [-0.1, -0.05) is 141 Å². The monoisotopic (exact) mass is 1480 g/mol. The minimum Gasteiger partial charge on any atom is -0.497 e. The molecule has 4 heterocycles. The van der Waals surface area contributed by atoms with Gasteiger partial charge in [-0.15, -0.1) is 0 Å². The fourth-order valence-electron chi connectivity index (χ4n) is 12.8. The minimum atomic E-state index is -0.694. The highest BCUT2D eigenvalue weighted by molar-refractivity contribution is 7.80. The van der Waals surface area contributed by atoms with E-state index in [-0.39, 0.29) is 47.1 Å². The fourth-order valence-corrected chi connectivity index (χ4v) is 13.0. The van der Waals surface area contributed by atoms with Crippen molar-refractivity contribution in [3.05, 3.63) is 282 Å². The number of hydrogen-bond donors (Lipinski definition) is 0. The molecule has 13 rings (SSSR count). The van der Waals surface area contributed by atoms with Gasteiger partial charge in [0.25, 0.3) is 22.9 Å². The lowest BCUT2D eigenvalue weighted by molar-refractivity contribution is -0.134. The van der Waals surface area contributed by atoms with E-state index in [1.807, 2.05) is 191 Å². The topological polar surface area (TPSA) is 174 Å². The minimum absolute atomic E-state index is 0.0115. The molecule has 3 aliphatic heterocycles. The summed E-state index contributed by atoms with van der Waals surface area (Å²) in [6.45, 7) is 19.7. The second-order valence-corrected chi connectivity index (χ2v) is 26.5. The normalized spacial score (nSPS) is 14.8. The third-order valence-corrected chi connectivity index (χ3v) is 18.8. The fraction of sp³-hybridized carbons (Fsp3) is 0.233. The Morgan fingerprint density at radius 2 is 1.00 bits per heavy atom. The summed E-state index contributed by atoms with van der Waals surface area (Å²) in [5.41, 5.74) is 12.2. The smallest absolute Gasteiger partial charge is 0.422 e. The molecule has 0 spiro atoms. The Kier molecular flexibility index (Phi) is 26.9. The molecule has 18 nitrogen and oxygen atoms in total. The van der Waals surface area contributed by atoms with Gasteiger partial charge in [0, 0.05) is 84.9 Å². The lowest BCUT2D eigenvalue weighted by Gasteiger charge is -2.25. The standard InChI is InChI=1S/C33H28N2O5.C29H39N3O3.C28H24N2O3S/c1-2-31(36)39-29-19-15-24(16-20-29)21-22-34-32(37)30(40-33(34)38)23-25-13-17-28(18-14-25)35(26-9-5-3-6-10-26)27-11-7-4-8-12-27;1-6-31(7-2)25-16-12-24(13-17-25)21-27-28(33)32(29(35-27)30-22(3)4)20-10-8-9-11-23-14-18-26(34-5)19-15-23;1-3-29-24-8-6-5-7-22(24)23-17-20(11-14-25(23)29)18-26-27(31)30(28(34)33-26)16-15-19-9-12-21(13-10-19)32-4-2/h3-20,23H,2,21-22H2,1H3;12-19,21-22H,6-11,20H2,1-5H3;3,5-14,17-18H,1,4,15-16H2,2H3/b30-23+;27-21+,30-29?;26-18+. The highest BCUT2D eigenvalue weighted by Crippen LogP contribution is 2.36. The molecule has 0 saturated carbocycles. The number of anilines is 4. The molecule has 9 aromatic carbocycles. The van der Waals surface area contributed by atoms with Crippen LogP contribution in [0, 0.1) is 0 Å². The molecule has 19 heteroatoms. The molecule has 10 aromatic rings. The third kappa shape index (κ3) is 20.0. The van der Waals surface area contributed by atoms with E-state index in [1.54, 1.807) is 55.4 Å². The van der Waals surface area contributed by atoms with E-state index in [9.17, 15) is 24.0 Å². The zero-order valence-corrected chi connectivity index (χ0v) is 63.5. The second-order valence-electron chi connectivity index (χ2n) is 26.2. The zero-order valence-electron chi connectivity index (χ0n) is 62.7. The number of nitrogens with zero attached hydrogens (tertiary/aromatic N) is 7. The SMILES string of the molecule is C=Cn1c2ccccc2c2cc(/C=C3/OC(=S)N(CCc4ccc(OCC)cc4)C3=O)ccc21.CCC(=O)Oc1ccc(CCN2C(=O)O/C(=C/c3ccc(N(c4ccccc4)c4ccccc4)cc3)C2=O)cc1.CCN(CC)c1ccc(/C=C2/OC(=NC(C)C)N(CCCCCc3ccc(OC)cc3)C2=O)cc1. The molecule has 0 N–H and O–H groups in total. The number of amides is 4. The van der Waals surface area contributed by atoms with Crippen LogP contribution in [0.4, 0.5) is 27.5 Å². The lowest BCUT2D eigenvalue weighted by atomic mass is 10.1. The summed E-state index contributed by atoms with van der Waals surface area (Å²) in [4.78, 5) is 76.3. The number of carbonyl (C=O) groups is 5. The van der Waals surface area contributed by atoms with Crippen molar-refractivity contribution in [3.8, 4) is 17.2 Å². The second kappa shape index (κ2) is 37.8. The van der Waals surface area contributed by atoms with Crippen molar-refractivity contribution in [1.82, 2.24) is 19.3 Å². The molecule has 3 fully saturated rings. The van der Waals surface area contributed by atoms with E-state index in [1.165, 1.54) is 16.2 Å².